The van der Waals surface area contributed by atoms with E-state index in [1.807, 2.05) is 35.9 Å². The predicted molar refractivity (Wildman–Crippen MR) is 71.4 cm³/mol. The number of nitrogens with zero attached hydrogens (tertiary/aromatic N) is 1. The lowest BCUT2D eigenvalue weighted by Crippen LogP contribution is -2.03. The second kappa shape index (κ2) is 4.31. The first-order valence-electron chi connectivity index (χ1n) is 6.01. The minimum Gasteiger partial charge on any atom is -0.475 e. The van der Waals surface area contributed by atoms with Gasteiger partial charge >= 0.3 is 5.97 Å². The zero-order valence-electron chi connectivity index (χ0n) is 10.5. The standard InChI is InChI=1S/C15H13NO3/c1-10-8-16(13-5-3-2-4-12(10)13)9-11-6-7-19-14(11)15(17)18/h2-8H,9H2,1H3,(H,17,18). The maximum atomic E-state index is 11.0. The third-order valence-electron chi connectivity index (χ3n) is 3.27. The number of furan rings is 1. The first kappa shape index (κ1) is 11.6. The molecule has 2 heterocycles. The van der Waals surface area contributed by atoms with Crippen LogP contribution in [0.25, 0.3) is 10.9 Å². The molecule has 0 saturated heterocycles. The molecule has 4 nitrogen and oxygen atoms in total. The summed E-state index contributed by atoms with van der Waals surface area (Å²) < 4.78 is 7.05. The number of carboxylic acids is 1. The number of hydrogen-bond acceptors (Lipinski definition) is 2. The van der Waals surface area contributed by atoms with Crippen LogP contribution in [0.4, 0.5) is 0 Å². The first-order chi connectivity index (χ1) is 9.16. The van der Waals surface area contributed by atoms with Gasteiger partial charge in [-0.3, -0.25) is 0 Å². The molecule has 0 bridgehead atoms. The van der Waals surface area contributed by atoms with Crippen molar-refractivity contribution in [2.45, 2.75) is 13.5 Å². The van der Waals surface area contributed by atoms with Gasteiger partial charge < -0.3 is 14.1 Å². The van der Waals surface area contributed by atoms with Crippen LogP contribution in [0.3, 0.4) is 0 Å². The number of fused-ring (bicyclic) bond motifs is 1. The summed E-state index contributed by atoms with van der Waals surface area (Å²) in [6, 6.07) is 9.77. The van der Waals surface area contributed by atoms with Gasteiger partial charge in [-0.1, -0.05) is 18.2 Å². The van der Waals surface area contributed by atoms with Gasteiger partial charge in [0.15, 0.2) is 0 Å². The monoisotopic (exact) mass is 255 g/mol. The van der Waals surface area contributed by atoms with Gasteiger partial charge in [-0.2, -0.15) is 0 Å². The molecular formula is C15H13NO3. The van der Waals surface area contributed by atoms with Crippen LogP contribution in [-0.4, -0.2) is 15.6 Å². The molecule has 0 spiro atoms. The van der Waals surface area contributed by atoms with Gasteiger partial charge in [0.2, 0.25) is 5.76 Å². The largest absolute Gasteiger partial charge is 0.475 e. The molecule has 0 fully saturated rings. The molecule has 96 valence electrons. The fourth-order valence-electron chi connectivity index (χ4n) is 2.39. The lowest BCUT2D eigenvalue weighted by molar-refractivity contribution is 0.0660. The van der Waals surface area contributed by atoms with Crippen LogP contribution in [0.15, 0.2) is 47.2 Å². The highest BCUT2D eigenvalue weighted by Crippen LogP contribution is 2.22. The highest BCUT2D eigenvalue weighted by atomic mass is 16.4. The maximum Gasteiger partial charge on any atom is 0.372 e. The Kier molecular flexibility index (Phi) is 2.63. The summed E-state index contributed by atoms with van der Waals surface area (Å²) >= 11 is 0. The zero-order valence-corrected chi connectivity index (χ0v) is 10.5. The van der Waals surface area contributed by atoms with Crippen molar-refractivity contribution >= 4 is 16.9 Å². The number of rotatable bonds is 3. The molecule has 0 aliphatic heterocycles. The Hall–Kier alpha value is -2.49. The molecule has 0 aliphatic rings. The summed E-state index contributed by atoms with van der Waals surface area (Å²) in [5.74, 6) is -1.02. The van der Waals surface area contributed by atoms with E-state index < -0.39 is 5.97 Å². The Morgan fingerprint density at radius 1 is 1.32 bits per heavy atom. The molecule has 19 heavy (non-hydrogen) atoms. The Bertz CT molecular complexity index is 752. The summed E-state index contributed by atoms with van der Waals surface area (Å²) in [6.45, 7) is 2.54. The molecule has 0 amide bonds. The minimum atomic E-state index is -1.03. The van der Waals surface area contributed by atoms with E-state index in [1.165, 1.54) is 17.2 Å². The van der Waals surface area contributed by atoms with Crippen molar-refractivity contribution in [1.29, 1.82) is 0 Å². The zero-order chi connectivity index (χ0) is 13.4. The van der Waals surface area contributed by atoms with Crippen LogP contribution in [-0.2, 0) is 6.54 Å². The molecule has 0 unspecified atom stereocenters. The van der Waals surface area contributed by atoms with E-state index in [-0.39, 0.29) is 5.76 Å². The normalized spacial score (nSPS) is 11.0. The van der Waals surface area contributed by atoms with E-state index in [0.717, 1.165) is 5.52 Å². The van der Waals surface area contributed by atoms with E-state index in [9.17, 15) is 4.79 Å². The summed E-state index contributed by atoms with van der Waals surface area (Å²) in [7, 11) is 0. The average molecular weight is 255 g/mol. The van der Waals surface area contributed by atoms with Crippen LogP contribution >= 0.6 is 0 Å². The van der Waals surface area contributed by atoms with Gasteiger partial charge in [-0.05, 0) is 24.6 Å². The van der Waals surface area contributed by atoms with Crippen molar-refractivity contribution in [2.75, 3.05) is 0 Å². The minimum absolute atomic E-state index is 0.00966. The molecule has 1 N–H and O–H groups in total. The number of carbonyl (C=O) groups is 1. The summed E-state index contributed by atoms with van der Waals surface area (Å²) in [5, 5.41) is 10.2. The predicted octanol–water partition coefficient (Wildman–Crippen LogP) is 3.29. The van der Waals surface area contributed by atoms with Crippen molar-refractivity contribution in [3.63, 3.8) is 0 Å². The van der Waals surface area contributed by atoms with Crippen molar-refractivity contribution in [2.24, 2.45) is 0 Å². The molecule has 0 radical (unpaired) electrons. The number of para-hydroxylation sites is 1. The van der Waals surface area contributed by atoms with Crippen molar-refractivity contribution in [3.8, 4) is 0 Å². The number of aromatic nitrogens is 1. The van der Waals surface area contributed by atoms with Crippen LogP contribution in [0.2, 0.25) is 0 Å². The van der Waals surface area contributed by atoms with Crippen molar-refractivity contribution in [1.82, 2.24) is 4.57 Å². The highest BCUT2D eigenvalue weighted by molar-refractivity contribution is 5.86. The summed E-state index contributed by atoms with van der Waals surface area (Å²) in [4.78, 5) is 11.0. The van der Waals surface area contributed by atoms with Crippen LogP contribution in [0, 0.1) is 6.92 Å². The molecule has 0 atom stereocenters. The second-order valence-corrected chi connectivity index (χ2v) is 4.54. The first-order valence-corrected chi connectivity index (χ1v) is 6.01. The highest BCUT2D eigenvalue weighted by Gasteiger charge is 2.15. The number of aromatic carboxylic acids is 1. The van der Waals surface area contributed by atoms with E-state index in [2.05, 4.69) is 6.07 Å². The SMILES string of the molecule is Cc1cn(Cc2ccoc2C(=O)O)c2ccccc12. The van der Waals surface area contributed by atoms with Gasteiger partial charge in [-0.15, -0.1) is 0 Å². The lowest BCUT2D eigenvalue weighted by atomic mass is 10.2. The number of benzene rings is 1. The van der Waals surface area contributed by atoms with Gasteiger partial charge in [0.1, 0.15) is 0 Å². The Morgan fingerprint density at radius 2 is 2.11 bits per heavy atom. The summed E-state index contributed by atoms with van der Waals surface area (Å²) in [6.07, 6.45) is 3.45. The number of carboxylic acid groups (broad SMARTS) is 1. The molecule has 0 aliphatic carbocycles. The third kappa shape index (κ3) is 1.91. The lowest BCUT2D eigenvalue weighted by Gasteiger charge is -2.04. The molecule has 1 aromatic carbocycles. The number of aryl methyl sites for hydroxylation is 1. The molecular weight excluding hydrogens is 242 g/mol. The van der Waals surface area contributed by atoms with E-state index in [1.54, 1.807) is 6.07 Å². The second-order valence-electron chi connectivity index (χ2n) is 4.54. The van der Waals surface area contributed by atoms with Crippen LogP contribution in [0.5, 0.6) is 0 Å². The van der Waals surface area contributed by atoms with Gasteiger partial charge in [-0.25, -0.2) is 4.79 Å². The van der Waals surface area contributed by atoms with Crippen molar-refractivity contribution < 1.29 is 14.3 Å². The quantitative estimate of drug-likeness (QED) is 0.781. The van der Waals surface area contributed by atoms with E-state index in [4.69, 9.17) is 9.52 Å². The fourth-order valence-corrected chi connectivity index (χ4v) is 2.39. The number of hydrogen-bond donors (Lipinski definition) is 1. The van der Waals surface area contributed by atoms with Gasteiger partial charge in [0, 0.05) is 22.7 Å². The van der Waals surface area contributed by atoms with E-state index in [0.29, 0.717) is 12.1 Å². The topological polar surface area (TPSA) is 55.4 Å². The summed E-state index contributed by atoms with van der Waals surface area (Å²) in [5.41, 5.74) is 2.95. The molecule has 2 aromatic heterocycles. The van der Waals surface area contributed by atoms with Gasteiger partial charge in [0.05, 0.1) is 12.8 Å². The molecule has 4 heteroatoms. The molecule has 3 aromatic rings. The van der Waals surface area contributed by atoms with Crippen molar-refractivity contribution in [3.05, 3.63) is 59.7 Å². The fraction of sp³-hybridized carbons (Fsp3) is 0.133. The molecule has 0 saturated carbocycles. The smallest absolute Gasteiger partial charge is 0.372 e. The van der Waals surface area contributed by atoms with Crippen LogP contribution in [0.1, 0.15) is 21.7 Å². The maximum absolute atomic E-state index is 11.0. The third-order valence-corrected chi connectivity index (χ3v) is 3.27. The van der Waals surface area contributed by atoms with Crippen LogP contribution < -0.4 is 0 Å². The Labute approximate surface area is 109 Å². The Morgan fingerprint density at radius 3 is 2.89 bits per heavy atom. The van der Waals surface area contributed by atoms with E-state index >= 15 is 0 Å². The Balaban J connectivity index is 2.06. The van der Waals surface area contributed by atoms with Gasteiger partial charge in [0.25, 0.3) is 0 Å². The molecule has 3 rings (SSSR count). The average Bonchev–Trinajstić information content (AvgIpc) is 2.97.